The van der Waals surface area contributed by atoms with Gasteiger partial charge in [0.1, 0.15) is 5.75 Å². The van der Waals surface area contributed by atoms with E-state index in [1.807, 2.05) is 0 Å². The maximum Gasteiger partial charge on any atom is 0.387 e. The van der Waals surface area contributed by atoms with E-state index in [2.05, 4.69) is 20.1 Å². The molecular formula is C15H18F2N2O5. The first-order valence-electron chi connectivity index (χ1n) is 7.27. The lowest BCUT2D eigenvalue weighted by Crippen LogP contribution is -2.43. The first-order valence-corrected chi connectivity index (χ1v) is 7.27. The first-order chi connectivity index (χ1) is 11.5. The van der Waals surface area contributed by atoms with Gasteiger partial charge >= 0.3 is 12.6 Å². The van der Waals surface area contributed by atoms with Gasteiger partial charge in [-0.1, -0.05) is 0 Å². The third kappa shape index (κ3) is 5.14. The van der Waals surface area contributed by atoms with Crippen LogP contribution in [-0.4, -0.2) is 51.4 Å². The van der Waals surface area contributed by atoms with Crippen LogP contribution < -0.4 is 15.4 Å². The molecule has 0 spiro atoms. The second kappa shape index (κ2) is 8.55. The summed E-state index contributed by atoms with van der Waals surface area (Å²) < 4.78 is 39.2. The molecule has 1 aliphatic rings. The van der Waals surface area contributed by atoms with Crippen molar-refractivity contribution >= 4 is 17.6 Å². The number of amides is 1. The summed E-state index contributed by atoms with van der Waals surface area (Å²) in [6.07, 6.45) is 0.118. The minimum absolute atomic E-state index is 0.0356. The minimum atomic E-state index is -3.10. The average molecular weight is 344 g/mol. The number of anilines is 1. The number of ether oxygens (including phenoxy) is 3. The highest BCUT2D eigenvalue weighted by atomic mass is 19.3. The highest BCUT2D eigenvalue weighted by Gasteiger charge is 2.19. The molecule has 2 N–H and O–H groups in total. The monoisotopic (exact) mass is 344 g/mol. The number of hydrogen-bond acceptors (Lipinski definition) is 6. The summed E-state index contributed by atoms with van der Waals surface area (Å²) in [5.74, 6) is -1.40. The molecule has 1 unspecified atom stereocenters. The predicted molar refractivity (Wildman–Crippen MR) is 80.3 cm³/mol. The molecular weight excluding hydrogens is 326 g/mol. The van der Waals surface area contributed by atoms with Crippen LogP contribution in [0.5, 0.6) is 5.75 Å². The normalized spacial score (nSPS) is 17.4. The Morgan fingerprint density at radius 3 is 2.88 bits per heavy atom. The van der Waals surface area contributed by atoms with Gasteiger partial charge < -0.3 is 24.8 Å². The third-order valence-electron chi connectivity index (χ3n) is 3.32. The summed E-state index contributed by atoms with van der Waals surface area (Å²) in [6.45, 7) is -1.47. The summed E-state index contributed by atoms with van der Waals surface area (Å²) in [5, 5.41) is 5.62. The number of methoxy groups -OCH3 is 1. The van der Waals surface area contributed by atoms with Crippen LogP contribution in [0, 0.1) is 0 Å². The van der Waals surface area contributed by atoms with Crippen LogP contribution in [0.25, 0.3) is 0 Å². The van der Waals surface area contributed by atoms with E-state index >= 15 is 0 Å². The van der Waals surface area contributed by atoms with E-state index in [1.165, 1.54) is 19.2 Å². The van der Waals surface area contributed by atoms with E-state index in [4.69, 9.17) is 4.74 Å². The van der Waals surface area contributed by atoms with Crippen molar-refractivity contribution in [1.82, 2.24) is 5.32 Å². The Kier molecular flexibility index (Phi) is 6.44. The lowest BCUT2D eigenvalue weighted by molar-refractivity contribution is -0.117. The van der Waals surface area contributed by atoms with Crippen molar-refractivity contribution in [3.8, 4) is 5.75 Å². The van der Waals surface area contributed by atoms with E-state index in [-0.39, 0.29) is 35.4 Å². The molecule has 1 amide bonds. The van der Waals surface area contributed by atoms with Gasteiger partial charge in [-0.15, -0.1) is 0 Å². The molecule has 1 atom stereocenters. The van der Waals surface area contributed by atoms with Gasteiger partial charge in [-0.05, 0) is 18.2 Å². The van der Waals surface area contributed by atoms with Gasteiger partial charge in [-0.3, -0.25) is 4.79 Å². The zero-order valence-electron chi connectivity index (χ0n) is 13.0. The number of benzene rings is 1. The van der Waals surface area contributed by atoms with Crippen LogP contribution in [0.1, 0.15) is 16.8 Å². The number of hydrogen-bond donors (Lipinski definition) is 2. The third-order valence-corrected chi connectivity index (χ3v) is 3.32. The lowest BCUT2D eigenvalue weighted by Gasteiger charge is -2.23. The number of esters is 1. The van der Waals surface area contributed by atoms with Gasteiger partial charge in [-0.2, -0.15) is 8.78 Å². The number of morpholine rings is 1. The van der Waals surface area contributed by atoms with E-state index in [1.54, 1.807) is 0 Å². The van der Waals surface area contributed by atoms with Crippen molar-refractivity contribution in [2.45, 2.75) is 19.1 Å². The summed E-state index contributed by atoms with van der Waals surface area (Å²) in [4.78, 5) is 23.5. The number of halogens is 2. The minimum Gasteiger partial charge on any atom is -0.465 e. The molecule has 0 aromatic heterocycles. The van der Waals surface area contributed by atoms with Crippen molar-refractivity contribution < 1.29 is 32.6 Å². The molecule has 1 fully saturated rings. The number of carbonyl (C=O) groups excluding carboxylic acids is 2. The molecule has 0 radical (unpaired) electrons. The zero-order chi connectivity index (χ0) is 17.5. The average Bonchev–Trinajstić information content (AvgIpc) is 2.56. The topological polar surface area (TPSA) is 85.9 Å². The van der Waals surface area contributed by atoms with Gasteiger partial charge in [0.05, 0.1) is 31.6 Å². The fourth-order valence-corrected chi connectivity index (χ4v) is 2.24. The van der Waals surface area contributed by atoms with Crippen LogP contribution in [0.2, 0.25) is 0 Å². The fraction of sp³-hybridized carbons (Fsp3) is 0.467. The molecule has 132 valence electrons. The molecule has 0 bridgehead atoms. The standard InChI is InChI=1S/C15H18F2N2O5/c1-22-14(21)9-2-3-11(12(6-9)24-15(16)17)19-13(20)7-10-8-23-5-4-18-10/h2-3,6,10,15,18H,4-5,7-8H2,1H3,(H,19,20). The molecule has 1 heterocycles. The van der Waals surface area contributed by atoms with Crippen molar-refractivity contribution in [2.24, 2.45) is 0 Å². The molecule has 1 aromatic carbocycles. The second-order valence-electron chi connectivity index (χ2n) is 5.06. The maximum absolute atomic E-state index is 12.5. The van der Waals surface area contributed by atoms with E-state index < -0.39 is 12.6 Å². The molecule has 1 aromatic rings. The second-order valence-corrected chi connectivity index (χ2v) is 5.06. The highest BCUT2D eigenvalue weighted by molar-refractivity contribution is 5.95. The van der Waals surface area contributed by atoms with Crippen molar-refractivity contribution in [2.75, 3.05) is 32.2 Å². The Bertz CT molecular complexity index is 591. The SMILES string of the molecule is COC(=O)c1ccc(NC(=O)CC2COCCN2)c(OC(F)F)c1. The van der Waals surface area contributed by atoms with Gasteiger partial charge in [-0.25, -0.2) is 4.79 Å². The molecule has 0 saturated carbocycles. The lowest BCUT2D eigenvalue weighted by atomic mass is 10.1. The predicted octanol–water partition coefficient (Wildman–Crippen LogP) is 1.39. The van der Waals surface area contributed by atoms with Gasteiger partial charge in [0.25, 0.3) is 0 Å². The van der Waals surface area contributed by atoms with E-state index in [9.17, 15) is 18.4 Å². The molecule has 24 heavy (non-hydrogen) atoms. The molecule has 9 heteroatoms. The van der Waals surface area contributed by atoms with E-state index in [0.717, 1.165) is 6.07 Å². The number of alkyl halides is 2. The van der Waals surface area contributed by atoms with E-state index in [0.29, 0.717) is 19.8 Å². The van der Waals surface area contributed by atoms with Crippen LogP contribution in [0.3, 0.4) is 0 Å². The Labute approximate surface area is 137 Å². The van der Waals surface area contributed by atoms with Crippen molar-refractivity contribution in [3.63, 3.8) is 0 Å². The number of nitrogens with one attached hydrogen (secondary N) is 2. The smallest absolute Gasteiger partial charge is 0.387 e. The fourth-order valence-electron chi connectivity index (χ4n) is 2.24. The van der Waals surface area contributed by atoms with Gasteiger partial charge in [0, 0.05) is 19.0 Å². The first kappa shape index (κ1) is 18.1. The van der Waals surface area contributed by atoms with Crippen molar-refractivity contribution in [3.05, 3.63) is 23.8 Å². The summed E-state index contributed by atoms with van der Waals surface area (Å²) in [7, 11) is 1.17. The van der Waals surface area contributed by atoms with Gasteiger partial charge in [0.15, 0.2) is 0 Å². The summed E-state index contributed by atoms with van der Waals surface area (Å²) in [5.41, 5.74) is 0.0816. The molecule has 2 rings (SSSR count). The summed E-state index contributed by atoms with van der Waals surface area (Å²) >= 11 is 0. The number of carbonyl (C=O) groups is 2. The Morgan fingerprint density at radius 2 is 2.25 bits per heavy atom. The highest BCUT2D eigenvalue weighted by Crippen LogP contribution is 2.28. The zero-order valence-corrected chi connectivity index (χ0v) is 13.0. The van der Waals surface area contributed by atoms with Crippen LogP contribution >= 0.6 is 0 Å². The van der Waals surface area contributed by atoms with Crippen molar-refractivity contribution in [1.29, 1.82) is 0 Å². The molecule has 7 nitrogen and oxygen atoms in total. The Morgan fingerprint density at radius 1 is 1.46 bits per heavy atom. The maximum atomic E-state index is 12.5. The summed E-state index contributed by atoms with van der Waals surface area (Å²) in [6, 6.07) is 3.61. The molecule has 0 aliphatic carbocycles. The molecule has 1 aliphatic heterocycles. The van der Waals surface area contributed by atoms with Gasteiger partial charge in [0.2, 0.25) is 5.91 Å². The largest absolute Gasteiger partial charge is 0.465 e. The van der Waals surface area contributed by atoms with Crippen LogP contribution in [0.15, 0.2) is 18.2 Å². The Hall–Kier alpha value is -2.26. The Balaban J connectivity index is 2.09. The molecule has 1 saturated heterocycles. The number of rotatable bonds is 6. The van der Waals surface area contributed by atoms with Crippen LogP contribution in [0.4, 0.5) is 14.5 Å². The van der Waals surface area contributed by atoms with Crippen LogP contribution in [-0.2, 0) is 14.3 Å². The quantitative estimate of drug-likeness (QED) is 0.759.